The van der Waals surface area contributed by atoms with Crippen LogP contribution in [0.3, 0.4) is 0 Å². The summed E-state index contributed by atoms with van der Waals surface area (Å²) in [7, 11) is 0. The van der Waals surface area contributed by atoms with Crippen LogP contribution in [0.2, 0.25) is 0 Å². The van der Waals surface area contributed by atoms with Crippen LogP contribution in [0.5, 0.6) is 11.5 Å². The van der Waals surface area contributed by atoms with E-state index in [-0.39, 0.29) is 23.5 Å². The fourth-order valence-corrected chi connectivity index (χ4v) is 1.23. The smallest absolute Gasteiger partial charge is 0.335 e. The van der Waals surface area contributed by atoms with E-state index in [2.05, 4.69) is 11.3 Å². The lowest BCUT2D eigenvalue weighted by molar-refractivity contribution is -0.120. The van der Waals surface area contributed by atoms with Gasteiger partial charge in [-0.15, -0.1) is 0 Å². The monoisotopic (exact) mass is 248 g/mol. The summed E-state index contributed by atoms with van der Waals surface area (Å²) in [5.74, 6) is -0.328. The molecule has 0 aliphatic carbocycles. The van der Waals surface area contributed by atoms with Crippen molar-refractivity contribution in [3.63, 3.8) is 0 Å². The van der Waals surface area contributed by atoms with Crippen LogP contribution in [0.4, 0.5) is 0 Å². The van der Waals surface area contributed by atoms with Crippen LogP contribution < -0.4 is 9.47 Å². The fraction of sp³-hybridized carbons (Fsp3) is 0.0769. The minimum absolute atomic E-state index is 0.0381. The van der Waals surface area contributed by atoms with Crippen molar-refractivity contribution in [2.24, 2.45) is 0 Å². The van der Waals surface area contributed by atoms with E-state index in [1.54, 1.807) is 13.0 Å². The van der Waals surface area contributed by atoms with Gasteiger partial charge in [-0.1, -0.05) is 6.58 Å². The molecule has 0 saturated carbocycles. The van der Waals surface area contributed by atoms with Gasteiger partial charge in [0.05, 0.1) is 5.56 Å². The van der Waals surface area contributed by atoms with Gasteiger partial charge >= 0.3 is 5.97 Å². The van der Waals surface area contributed by atoms with E-state index in [0.717, 1.165) is 0 Å². The van der Waals surface area contributed by atoms with Gasteiger partial charge < -0.3 is 14.6 Å². The Morgan fingerprint density at radius 3 is 2.50 bits per heavy atom. The number of carboxylic acids is 1. The Labute approximate surface area is 104 Å². The first-order valence-corrected chi connectivity index (χ1v) is 5.06. The molecule has 0 aromatic heterocycles. The molecule has 0 heterocycles. The highest BCUT2D eigenvalue weighted by Gasteiger charge is 2.09. The Morgan fingerprint density at radius 2 is 2.00 bits per heavy atom. The van der Waals surface area contributed by atoms with Gasteiger partial charge in [0, 0.05) is 6.07 Å². The molecule has 1 N–H and O–H groups in total. The average Bonchev–Trinajstić information content (AvgIpc) is 2.36. The van der Waals surface area contributed by atoms with Crippen molar-refractivity contribution in [2.75, 3.05) is 0 Å². The van der Waals surface area contributed by atoms with Gasteiger partial charge in [-0.25, -0.2) is 4.79 Å². The summed E-state index contributed by atoms with van der Waals surface area (Å²) in [6.07, 6.45) is 3.15. The highest BCUT2D eigenvalue weighted by molar-refractivity contribution is 5.88. The van der Waals surface area contributed by atoms with Gasteiger partial charge in [0.15, 0.2) is 0 Å². The van der Waals surface area contributed by atoms with E-state index >= 15 is 0 Å². The van der Waals surface area contributed by atoms with E-state index in [1.165, 1.54) is 24.3 Å². The Kier molecular flexibility index (Phi) is 4.68. The van der Waals surface area contributed by atoms with Crippen molar-refractivity contribution < 1.29 is 24.2 Å². The summed E-state index contributed by atoms with van der Waals surface area (Å²) in [4.78, 5) is 21.2. The maximum atomic E-state index is 10.9. The SMILES string of the molecule is C=C/C(=C/C)Oc1cc(OC=O)cc(C(=O)O)c1. The van der Waals surface area contributed by atoms with Crippen molar-refractivity contribution >= 4 is 12.4 Å². The largest absolute Gasteiger partial charge is 0.478 e. The van der Waals surface area contributed by atoms with Gasteiger partial charge in [0.2, 0.25) is 0 Å². The molecule has 0 saturated heterocycles. The minimum Gasteiger partial charge on any atom is -0.478 e. The number of carbonyl (C=O) groups excluding carboxylic acids is 1. The average molecular weight is 248 g/mol. The quantitative estimate of drug-likeness (QED) is 0.475. The van der Waals surface area contributed by atoms with Crippen LogP contribution in [0.1, 0.15) is 17.3 Å². The second-order valence-corrected chi connectivity index (χ2v) is 3.21. The predicted octanol–water partition coefficient (Wildman–Crippen LogP) is 2.39. The number of rotatable bonds is 6. The molecule has 0 spiro atoms. The molecule has 0 aliphatic rings. The van der Waals surface area contributed by atoms with Gasteiger partial charge in [-0.3, -0.25) is 4.79 Å². The Morgan fingerprint density at radius 1 is 1.33 bits per heavy atom. The second-order valence-electron chi connectivity index (χ2n) is 3.21. The van der Waals surface area contributed by atoms with E-state index in [4.69, 9.17) is 9.84 Å². The highest BCUT2D eigenvalue weighted by atomic mass is 16.5. The maximum Gasteiger partial charge on any atom is 0.335 e. The second kappa shape index (κ2) is 6.24. The number of carbonyl (C=O) groups is 2. The first-order chi connectivity index (χ1) is 8.60. The van der Waals surface area contributed by atoms with Crippen molar-refractivity contribution in [3.05, 3.63) is 48.3 Å². The molecular weight excluding hydrogens is 236 g/mol. The van der Waals surface area contributed by atoms with Crippen LogP contribution in [-0.4, -0.2) is 17.5 Å². The molecular formula is C13H12O5. The molecule has 0 bridgehead atoms. The number of carboxylic acid groups (broad SMARTS) is 1. The number of ether oxygens (including phenoxy) is 2. The topological polar surface area (TPSA) is 72.8 Å². The lowest BCUT2D eigenvalue weighted by atomic mass is 10.2. The van der Waals surface area contributed by atoms with E-state index in [9.17, 15) is 9.59 Å². The predicted molar refractivity (Wildman–Crippen MR) is 64.7 cm³/mol. The number of hydrogen-bond donors (Lipinski definition) is 1. The molecule has 5 nitrogen and oxygen atoms in total. The number of benzene rings is 1. The Balaban J connectivity index is 3.13. The minimum atomic E-state index is -1.14. The number of allylic oxidation sites excluding steroid dienone is 2. The molecule has 5 heteroatoms. The molecule has 1 rings (SSSR count). The molecule has 0 radical (unpaired) electrons. The summed E-state index contributed by atoms with van der Waals surface area (Å²) in [6, 6.07) is 3.97. The third kappa shape index (κ3) is 3.48. The van der Waals surface area contributed by atoms with Crippen molar-refractivity contribution in [1.29, 1.82) is 0 Å². The summed E-state index contributed by atoms with van der Waals surface area (Å²) in [5, 5.41) is 8.92. The third-order valence-corrected chi connectivity index (χ3v) is 2.03. The summed E-state index contributed by atoms with van der Waals surface area (Å²) in [6.45, 7) is 5.52. The van der Waals surface area contributed by atoms with E-state index in [0.29, 0.717) is 5.76 Å². The first kappa shape index (κ1) is 13.5. The van der Waals surface area contributed by atoms with Gasteiger partial charge in [0.1, 0.15) is 17.3 Å². The summed E-state index contributed by atoms with van der Waals surface area (Å²) >= 11 is 0. The molecule has 0 fully saturated rings. The maximum absolute atomic E-state index is 10.9. The lowest BCUT2D eigenvalue weighted by Crippen LogP contribution is -2.00. The van der Waals surface area contributed by atoms with Crippen molar-refractivity contribution in [1.82, 2.24) is 0 Å². The molecule has 94 valence electrons. The van der Waals surface area contributed by atoms with Crippen LogP contribution in [0, 0.1) is 0 Å². The third-order valence-electron chi connectivity index (χ3n) is 2.03. The van der Waals surface area contributed by atoms with Crippen molar-refractivity contribution in [3.8, 4) is 11.5 Å². The summed E-state index contributed by atoms with van der Waals surface area (Å²) in [5.41, 5.74) is -0.0381. The molecule has 1 aromatic rings. The summed E-state index contributed by atoms with van der Waals surface area (Å²) < 4.78 is 9.99. The number of hydrogen-bond acceptors (Lipinski definition) is 4. The van der Waals surface area contributed by atoms with Crippen LogP contribution >= 0.6 is 0 Å². The molecule has 0 atom stereocenters. The van der Waals surface area contributed by atoms with E-state index < -0.39 is 5.97 Å². The van der Waals surface area contributed by atoms with Gasteiger partial charge in [-0.05, 0) is 31.2 Å². The molecule has 0 amide bonds. The lowest BCUT2D eigenvalue weighted by Gasteiger charge is -2.08. The van der Waals surface area contributed by atoms with Crippen LogP contribution in [0.25, 0.3) is 0 Å². The Hall–Kier alpha value is -2.56. The molecule has 0 unspecified atom stereocenters. The van der Waals surface area contributed by atoms with Gasteiger partial charge in [0.25, 0.3) is 6.47 Å². The fourth-order valence-electron chi connectivity index (χ4n) is 1.23. The molecule has 1 aromatic carbocycles. The number of aromatic carboxylic acids is 1. The molecule has 18 heavy (non-hydrogen) atoms. The zero-order valence-corrected chi connectivity index (χ0v) is 9.75. The van der Waals surface area contributed by atoms with Crippen molar-refractivity contribution in [2.45, 2.75) is 6.92 Å². The standard InChI is InChI=1S/C13H12O5/c1-3-10(4-2)18-12-6-9(13(15)16)5-11(7-12)17-8-14/h3-8H,1H2,2H3,(H,15,16)/b10-4-. The van der Waals surface area contributed by atoms with E-state index in [1.807, 2.05) is 0 Å². The van der Waals surface area contributed by atoms with Gasteiger partial charge in [-0.2, -0.15) is 0 Å². The zero-order valence-electron chi connectivity index (χ0n) is 9.75. The zero-order chi connectivity index (χ0) is 13.5. The normalized spacial score (nSPS) is 10.6. The first-order valence-electron chi connectivity index (χ1n) is 5.06. The highest BCUT2D eigenvalue weighted by Crippen LogP contribution is 2.24. The Bertz CT molecular complexity index is 502. The molecule has 0 aliphatic heterocycles. The van der Waals surface area contributed by atoms with Crippen LogP contribution in [0.15, 0.2) is 42.7 Å². The van der Waals surface area contributed by atoms with Crippen LogP contribution in [-0.2, 0) is 4.79 Å².